The van der Waals surface area contributed by atoms with Crippen LogP contribution < -0.4 is 5.32 Å². The van der Waals surface area contributed by atoms with Crippen LogP contribution in [0, 0.1) is 6.92 Å². The average Bonchev–Trinajstić information content (AvgIpc) is 2.65. The lowest BCUT2D eigenvalue weighted by Gasteiger charge is -2.20. The van der Waals surface area contributed by atoms with E-state index in [2.05, 4.69) is 5.32 Å². The lowest BCUT2D eigenvalue weighted by Crippen LogP contribution is -2.30. The van der Waals surface area contributed by atoms with Gasteiger partial charge in [-0.25, -0.2) is 8.42 Å². The van der Waals surface area contributed by atoms with E-state index in [1.165, 1.54) is 4.31 Å². The predicted molar refractivity (Wildman–Crippen MR) is 109 cm³/mol. The monoisotopic (exact) mass is 388 g/mol. The zero-order chi connectivity index (χ0) is 20.0. The molecule has 0 fully saturated rings. The molecule has 1 unspecified atom stereocenters. The highest BCUT2D eigenvalue weighted by atomic mass is 32.2. The van der Waals surface area contributed by atoms with Crippen LogP contribution in [-0.4, -0.2) is 31.7 Å². The van der Waals surface area contributed by atoms with Crippen molar-refractivity contribution in [2.24, 2.45) is 0 Å². The van der Waals surface area contributed by atoms with Gasteiger partial charge in [-0.3, -0.25) is 4.79 Å². The van der Waals surface area contributed by atoms with Crippen molar-refractivity contribution in [2.75, 3.05) is 18.4 Å². The molecule has 0 radical (unpaired) electrons. The maximum atomic E-state index is 12.8. The van der Waals surface area contributed by atoms with Crippen LogP contribution in [0.1, 0.15) is 44.2 Å². The zero-order valence-corrected chi connectivity index (χ0v) is 17.2. The summed E-state index contributed by atoms with van der Waals surface area (Å²) in [6, 6.07) is 14.5. The second kappa shape index (κ2) is 9.15. The highest BCUT2D eigenvalue weighted by Gasteiger charge is 2.24. The van der Waals surface area contributed by atoms with Gasteiger partial charge >= 0.3 is 0 Å². The van der Waals surface area contributed by atoms with E-state index >= 15 is 0 Å². The molecule has 2 aromatic carbocycles. The van der Waals surface area contributed by atoms with E-state index in [-0.39, 0.29) is 16.7 Å². The molecule has 1 N–H and O–H groups in total. The summed E-state index contributed by atoms with van der Waals surface area (Å²) in [4.78, 5) is 13.0. The molecular weight excluding hydrogens is 360 g/mol. The normalized spacial score (nSPS) is 12.8. The Morgan fingerprint density at radius 1 is 1.04 bits per heavy atom. The van der Waals surface area contributed by atoms with E-state index < -0.39 is 10.0 Å². The number of rotatable bonds is 8. The van der Waals surface area contributed by atoms with Crippen LogP contribution in [0.15, 0.2) is 53.4 Å². The second-order valence-corrected chi connectivity index (χ2v) is 8.36. The molecule has 0 aliphatic heterocycles. The lowest BCUT2D eigenvalue weighted by atomic mass is 9.95. The van der Waals surface area contributed by atoms with Crippen LogP contribution in [-0.2, 0) is 14.8 Å². The summed E-state index contributed by atoms with van der Waals surface area (Å²) in [6.45, 7) is 8.24. The molecule has 0 saturated heterocycles. The van der Waals surface area contributed by atoms with E-state index in [0.29, 0.717) is 25.2 Å². The van der Waals surface area contributed by atoms with E-state index in [0.717, 1.165) is 11.1 Å². The second-order valence-electron chi connectivity index (χ2n) is 6.43. The Kier molecular flexibility index (Phi) is 7.16. The first-order chi connectivity index (χ1) is 12.8. The van der Waals surface area contributed by atoms with Gasteiger partial charge in [0.05, 0.1) is 10.8 Å². The number of sulfonamides is 1. The van der Waals surface area contributed by atoms with Crippen LogP contribution in [0.5, 0.6) is 0 Å². The zero-order valence-electron chi connectivity index (χ0n) is 16.4. The van der Waals surface area contributed by atoms with Crippen molar-refractivity contribution in [2.45, 2.75) is 44.9 Å². The molecule has 1 atom stereocenters. The van der Waals surface area contributed by atoms with Gasteiger partial charge in [-0.15, -0.1) is 0 Å². The fraction of sp³-hybridized carbons (Fsp3) is 0.381. The van der Waals surface area contributed by atoms with Crippen LogP contribution in [0.2, 0.25) is 0 Å². The van der Waals surface area contributed by atoms with Crippen molar-refractivity contribution in [3.8, 4) is 0 Å². The maximum absolute atomic E-state index is 12.8. The van der Waals surface area contributed by atoms with Crippen molar-refractivity contribution in [3.05, 3.63) is 59.7 Å². The molecule has 0 saturated carbocycles. The van der Waals surface area contributed by atoms with E-state index in [1.807, 2.05) is 58.0 Å². The minimum absolute atomic E-state index is 0.135. The Morgan fingerprint density at radius 2 is 1.67 bits per heavy atom. The standard InChI is InChI=1S/C21H28N2O3S/c1-5-19(17-11-9-8-10-12-17)21(24)22-20-15-18(14-13-16(20)4)27(25,26)23(6-2)7-3/h8-15,19H,5-7H2,1-4H3,(H,22,24). The molecule has 5 nitrogen and oxygen atoms in total. The molecule has 0 heterocycles. The number of benzene rings is 2. The largest absolute Gasteiger partial charge is 0.325 e. The minimum Gasteiger partial charge on any atom is -0.325 e. The number of nitrogens with zero attached hydrogens (tertiary/aromatic N) is 1. The van der Waals surface area contributed by atoms with E-state index in [4.69, 9.17) is 0 Å². The highest BCUT2D eigenvalue weighted by Crippen LogP contribution is 2.26. The van der Waals surface area contributed by atoms with Gasteiger partial charge in [0.25, 0.3) is 0 Å². The molecule has 27 heavy (non-hydrogen) atoms. The molecule has 0 spiro atoms. The van der Waals surface area contributed by atoms with E-state index in [1.54, 1.807) is 18.2 Å². The summed E-state index contributed by atoms with van der Waals surface area (Å²) in [5.74, 6) is -0.419. The fourth-order valence-electron chi connectivity index (χ4n) is 3.09. The number of carbonyl (C=O) groups is 1. The first kappa shape index (κ1) is 21.1. The van der Waals surface area contributed by atoms with Gasteiger partial charge in [0.2, 0.25) is 15.9 Å². The van der Waals surface area contributed by atoms with E-state index in [9.17, 15) is 13.2 Å². The number of amides is 1. The number of aryl methyl sites for hydroxylation is 1. The summed E-state index contributed by atoms with van der Waals surface area (Å²) in [7, 11) is -3.57. The highest BCUT2D eigenvalue weighted by molar-refractivity contribution is 7.89. The van der Waals surface area contributed by atoms with Gasteiger partial charge in [0.15, 0.2) is 0 Å². The Morgan fingerprint density at radius 3 is 2.22 bits per heavy atom. The summed E-state index contributed by atoms with van der Waals surface area (Å²) < 4.78 is 26.9. The number of hydrogen-bond acceptors (Lipinski definition) is 3. The third kappa shape index (κ3) is 4.76. The summed E-state index contributed by atoms with van der Waals surface area (Å²) in [5, 5.41) is 2.93. The molecule has 0 aliphatic carbocycles. The molecule has 2 aromatic rings. The first-order valence-corrected chi connectivity index (χ1v) is 10.8. The van der Waals surface area contributed by atoms with Crippen molar-refractivity contribution in [1.29, 1.82) is 0 Å². The topological polar surface area (TPSA) is 66.5 Å². The summed E-state index contributed by atoms with van der Waals surface area (Å²) >= 11 is 0. The molecule has 2 rings (SSSR count). The number of nitrogens with one attached hydrogen (secondary N) is 1. The molecular formula is C21H28N2O3S. The molecule has 6 heteroatoms. The third-order valence-electron chi connectivity index (χ3n) is 4.74. The molecule has 1 amide bonds. The maximum Gasteiger partial charge on any atom is 0.243 e. The molecule has 0 bridgehead atoms. The Hall–Kier alpha value is -2.18. The van der Waals surface area contributed by atoms with Crippen LogP contribution in [0.25, 0.3) is 0 Å². The fourth-order valence-corrected chi connectivity index (χ4v) is 4.57. The quantitative estimate of drug-likeness (QED) is 0.738. The number of anilines is 1. The van der Waals surface area contributed by atoms with Crippen molar-refractivity contribution in [3.63, 3.8) is 0 Å². The van der Waals surface area contributed by atoms with Gasteiger partial charge in [-0.05, 0) is 36.6 Å². The smallest absolute Gasteiger partial charge is 0.243 e. The van der Waals surface area contributed by atoms with Crippen molar-refractivity contribution in [1.82, 2.24) is 4.31 Å². The number of hydrogen-bond donors (Lipinski definition) is 1. The number of carbonyl (C=O) groups excluding carboxylic acids is 1. The van der Waals surface area contributed by atoms with Gasteiger partial charge in [-0.2, -0.15) is 4.31 Å². The summed E-state index contributed by atoms with van der Waals surface area (Å²) in [6.07, 6.45) is 0.659. The van der Waals surface area contributed by atoms with Crippen LogP contribution in [0.4, 0.5) is 5.69 Å². The molecule has 0 aliphatic rings. The summed E-state index contributed by atoms with van der Waals surface area (Å²) in [5.41, 5.74) is 2.30. The van der Waals surface area contributed by atoms with Gasteiger partial charge in [-0.1, -0.05) is 57.2 Å². The molecule has 0 aromatic heterocycles. The Labute approximate surface area is 162 Å². The SMILES string of the molecule is CCC(C(=O)Nc1cc(S(=O)(=O)N(CC)CC)ccc1C)c1ccccc1. The van der Waals surface area contributed by atoms with Gasteiger partial charge in [0.1, 0.15) is 0 Å². The van der Waals surface area contributed by atoms with Gasteiger partial charge in [0, 0.05) is 18.8 Å². The lowest BCUT2D eigenvalue weighted by molar-refractivity contribution is -0.117. The third-order valence-corrected chi connectivity index (χ3v) is 6.78. The van der Waals surface area contributed by atoms with Crippen molar-refractivity contribution >= 4 is 21.6 Å². The Balaban J connectivity index is 2.32. The van der Waals surface area contributed by atoms with Gasteiger partial charge < -0.3 is 5.32 Å². The van der Waals surface area contributed by atoms with Crippen molar-refractivity contribution < 1.29 is 13.2 Å². The van der Waals surface area contributed by atoms with Crippen LogP contribution >= 0.6 is 0 Å². The van der Waals surface area contributed by atoms with Crippen LogP contribution in [0.3, 0.4) is 0 Å². The predicted octanol–water partition coefficient (Wildman–Crippen LogP) is 4.16. The molecule has 146 valence electrons. The Bertz CT molecular complexity index is 876. The average molecular weight is 389 g/mol. The minimum atomic E-state index is -3.57. The first-order valence-electron chi connectivity index (χ1n) is 9.31.